The second kappa shape index (κ2) is 7.19. The molecule has 0 fully saturated rings. The fraction of sp³-hybridized carbons (Fsp3) is 0.316. The van der Waals surface area contributed by atoms with Gasteiger partial charge in [-0.25, -0.2) is 13.1 Å². The van der Waals surface area contributed by atoms with Gasteiger partial charge >= 0.3 is 0 Å². The zero-order valence-electron chi connectivity index (χ0n) is 15.4. The van der Waals surface area contributed by atoms with Crippen LogP contribution in [0.2, 0.25) is 0 Å². The van der Waals surface area contributed by atoms with Crippen LogP contribution < -0.4 is 15.8 Å². The molecular weight excluding hydrogens is 350 g/mol. The first-order valence-electron chi connectivity index (χ1n) is 8.22. The summed E-state index contributed by atoms with van der Waals surface area (Å²) >= 11 is 0. The van der Waals surface area contributed by atoms with Gasteiger partial charge in [-0.2, -0.15) is 0 Å². The van der Waals surface area contributed by atoms with E-state index in [9.17, 15) is 13.2 Å². The Kier molecular flexibility index (Phi) is 5.55. The molecule has 1 unspecified atom stereocenters. The number of hydrogen-bond acceptors (Lipinski definition) is 4. The van der Waals surface area contributed by atoms with E-state index >= 15 is 0 Å². The summed E-state index contributed by atoms with van der Waals surface area (Å²) in [4.78, 5) is 12.7. The summed E-state index contributed by atoms with van der Waals surface area (Å²) in [5.41, 5.74) is 5.36. The van der Waals surface area contributed by atoms with E-state index < -0.39 is 27.0 Å². The van der Waals surface area contributed by atoms with Gasteiger partial charge in [-0.1, -0.05) is 36.4 Å². The average molecular weight is 375 g/mol. The number of anilines is 1. The highest BCUT2D eigenvalue weighted by Crippen LogP contribution is 2.22. The van der Waals surface area contributed by atoms with Gasteiger partial charge < -0.3 is 11.1 Å². The molecule has 1 atom stereocenters. The third-order valence-corrected chi connectivity index (χ3v) is 5.44. The van der Waals surface area contributed by atoms with E-state index in [-0.39, 0.29) is 4.90 Å². The van der Waals surface area contributed by atoms with Crippen molar-refractivity contribution in [3.8, 4) is 0 Å². The van der Waals surface area contributed by atoms with Crippen molar-refractivity contribution in [3.05, 3.63) is 60.2 Å². The van der Waals surface area contributed by atoms with Crippen molar-refractivity contribution < 1.29 is 13.2 Å². The van der Waals surface area contributed by atoms with Crippen LogP contribution in [0.1, 0.15) is 33.3 Å². The van der Waals surface area contributed by atoms with Crippen LogP contribution in [0.25, 0.3) is 0 Å². The molecule has 2 aromatic rings. The summed E-state index contributed by atoms with van der Waals surface area (Å²) in [5.74, 6) is -0.429. The van der Waals surface area contributed by atoms with E-state index in [0.29, 0.717) is 11.3 Å². The Morgan fingerprint density at radius 2 is 1.58 bits per heavy atom. The zero-order chi connectivity index (χ0) is 19.6. The lowest BCUT2D eigenvalue weighted by atomic mass is 9.92. The van der Waals surface area contributed by atoms with Crippen molar-refractivity contribution in [2.24, 2.45) is 5.73 Å². The number of benzene rings is 2. The monoisotopic (exact) mass is 375 g/mol. The number of sulfonamides is 1. The van der Waals surface area contributed by atoms with Gasteiger partial charge in [0.05, 0.1) is 4.90 Å². The molecule has 0 bridgehead atoms. The van der Waals surface area contributed by atoms with Crippen molar-refractivity contribution in [2.45, 2.75) is 43.7 Å². The van der Waals surface area contributed by atoms with Gasteiger partial charge in [-0.15, -0.1) is 0 Å². The Morgan fingerprint density at radius 1 is 0.962 bits per heavy atom. The molecule has 2 rings (SSSR count). The standard InChI is InChI=1S/C19H25N3O3S/c1-18(2,3)22-26(24,25)16-12-8-11-15(13-16)21-17(23)19(4,20)14-9-6-5-7-10-14/h5-13,22H,20H2,1-4H3,(H,21,23). The first kappa shape index (κ1) is 20.1. The highest BCUT2D eigenvalue weighted by Gasteiger charge is 2.30. The minimum Gasteiger partial charge on any atom is -0.324 e. The van der Waals surface area contributed by atoms with Gasteiger partial charge in [-0.05, 0) is 51.5 Å². The van der Waals surface area contributed by atoms with Crippen LogP contribution in [0.3, 0.4) is 0 Å². The third kappa shape index (κ3) is 4.91. The lowest BCUT2D eigenvalue weighted by molar-refractivity contribution is -0.120. The molecule has 0 aromatic heterocycles. The lowest BCUT2D eigenvalue weighted by Gasteiger charge is -2.24. The van der Waals surface area contributed by atoms with Crippen molar-refractivity contribution in [1.82, 2.24) is 4.72 Å². The molecular formula is C19H25N3O3S. The Hall–Kier alpha value is -2.22. The summed E-state index contributed by atoms with van der Waals surface area (Å²) in [6.45, 7) is 6.89. The van der Waals surface area contributed by atoms with E-state index in [0.717, 1.165) is 0 Å². The normalized spacial score (nSPS) is 14.5. The number of rotatable bonds is 5. The molecule has 0 spiro atoms. The first-order chi connectivity index (χ1) is 11.9. The molecule has 6 nitrogen and oxygen atoms in total. The molecule has 140 valence electrons. The Bertz CT molecular complexity index is 886. The van der Waals surface area contributed by atoms with E-state index in [1.807, 2.05) is 6.07 Å². The quantitative estimate of drug-likeness (QED) is 0.747. The van der Waals surface area contributed by atoms with E-state index in [1.54, 1.807) is 64.1 Å². The zero-order valence-corrected chi connectivity index (χ0v) is 16.2. The van der Waals surface area contributed by atoms with Gasteiger partial charge in [0.2, 0.25) is 15.9 Å². The molecule has 0 aliphatic rings. The van der Waals surface area contributed by atoms with Crippen LogP contribution in [0.5, 0.6) is 0 Å². The fourth-order valence-electron chi connectivity index (χ4n) is 2.38. The summed E-state index contributed by atoms with van der Waals surface area (Å²) in [5, 5.41) is 2.70. The number of carbonyl (C=O) groups is 1. The molecule has 0 radical (unpaired) electrons. The minimum absolute atomic E-state index is 0.0728. The van der Waals surface area contributed by atoms with Gasteiger partial charge in [-0.3, -0.25) is 4.79 Å². The Balaban J connectivity index is 2.25. The largest absolute Gasteiger partial charge is 0.324 e. The molecule has 2 aromatic carbocycles. The van der Waals surface area contributed by atoms with Crippen LogP contribution in [0, 0.1) is 0 Å². The maximum Gasteiger partial charge on any atom is 0.248 e. The van der Waals surface area contributed by atoms with Crippen LogP contribution in [0.4, 0.5) is 5.69 Å². The van der Waals surface area contributed by atoms with E-state index in [4.69, 9.17) is 5.73 Å². The highest BCUT2D eigenvalue weighted by molar-refractivity contribution is 7.89. The number of nitrogens with two attached hydrogens (primary N) is 1. The fourth-order valence-corrected chi connectivity index (χ4v) is 3.84. The predicted octanol–water partition coefficient (Wildman–Crippen LogP) is 2.58. The van der Waals surface area contributed by atoms with Gasteiger partial charge in [0.15, 0.2) is 0 Å². The second-order valence-electron chi connectivity index (χ2n) is 7.41. The van der Waals surface area contributed by atoms with E-state index in [2.05, 4.69) is 10.0 Å². The number of carbonyl (C=O) groups excluding carboxylic acids is 1. The summed E-state index contributed by atoms with van der Waals surface area (Å²) < 4.78 is 27.5. The molecule has 1 amide bonds. The van der Waals surface area contributed by atoms with Gasteiger partial charge in [0, 0.05) is 11.2 Å². The summed E-state index contributed by atoms with van der Waals surface area (Å²) in [6, 6.07) is 15.1. The first-order valence-corrected chi connectivity index (χ1v) is 9.70. The SMILES string of the molecule is CC(C)(C)NS(=O)(=O)c1cccc(NC(=O)C(C)(N)c2ccccc2)c1. The molecule has 0 aliphatic heterocycles. The molecule has 4 N–H and O–H groups in total. The summed E-state index contributed by atoms with van der Waals surface area (Å²) in [6.07, 6.45) is 0. The van der Waals surface area contributed by atoms with Crippen molar-refractivity contribution in [3.63, 3.8) is 0 Å². The maximum absolute atomic E-state index is 12.6. The average Bonchev–Trinajstić information content (AvgIpc) is 2.53. The van der Waals surface area contributed by atoms with Crippen LogP contribution in [-0.2, 0) is 20.4 Å². The Labute approximate surface area is 154 Å². The highest BCUT2D eigenvalue weighted by atomic mass is 32.2. The number of hydrogen-bond donors (Lipinski definition) is 3. The summed E-state index contributed by atoms with van der Waals surface area (Å²) in [7, 11) is -3.70. The maximum atomic E-state index is 12.6. The lowest BCUT2D eigenvalue weighted by Crippen LogP contribution is -2.45. The molecule has 7 heteroatoms. The molecule has 0 aliphatic carbocycles. The third-order valence-electron chi connectivity index (χ3n) is 3.69. The van der Waals surface area contributed by atoms with Crippen molar-refractivity contribution in [1.29, 1.82) is 0 Å². The van der Waals surface area contributed by atoms with Crippen LogP contribution >= 0.6 is 0 Å². The second-order valence-corrected chi connectivity index (χ2v) is 9.09. The number of nitrogens with one attached hydrogen (secondary N) is 2. The Morgan fingerprint density at radius 3 is 2.15 bits per heavy atom. The molecule has 0 heterocycles. The van der Waals surface area contributed by atoms with Crippen LogP contribution in [0.15, 0.2) is 59.5 Å². The molecule has 26 heavy (non-hydrogen) atoms. The predicted molar refractivity (Wildman–Crippen MR) is 103 cm³/mol. The molecule has 0 saturated carbocycles. The van der Waals surface area contributed by atoms with Gasteiger partial charge in [0.1, 0.15) is 5.54 Å². The topological polar surface area (TPSA) is 101 Å². The smallest absolute Gasteiger partial charge is 0.248 e. The van der Waals surface area contributed by atoms with Crippen molar-refractivity contribution >= 4 is 21.6 Å². The number of amides is 1. The van der Waals surface area contributed by atoms with Crippen LogP contribution in [-0.4, -0.2) is 19.9 Å². The van der Waals surface area contributed by atoms with Gasteiger partial charge in [0.25, 0.3) is 0 Å². The minimum atomic E-state index is -3.70. The molecule has 0 saturated heterocycles. The van der Waals surface area contributed by atoms with E-state index in [1.165, 1.54) is 12.1 Å². The van der Waals surface area contributed by atoms with Crippen molar-refractivity contribution in [2.75, 3.05) is 5.32 Å².